The van der Waals surface area contributed by atoms with Gasteiger partial charge in [-0.05, 0) is 40.5 Å². The molecule has 9 heteroatoms. The fourth-order valence-corrected chi connectivity index (χ4v) is 2.84. The second-order valence-electron chi connectivity index (χ2n) is 5.35. The number of carbonyl (C=O) groups is 2. The van der Waals surface area contributed by atoms with Crippen molar-refractivity contribution in [3.8, 4) is 0 Å². The van der Waals surface area contributed by atoms with Crippen LogP contribution >= 0.6 is 15.9 Å². The lowest BCUT2D eigenvalue weighted by Gasteiger charge is -2.21. The number of amides is 2. The average molecular weight is 395 g/mol. The van der Waals surface area contributed by atoms with Crippen LogP contribution in [0.25, 0.3) is 0 Å². The Kier molecular flexibility index (Phi) is 4.79. The molecule has 0 bridgehead atoms. The van der Waals surface area contributed by atoms with Crippen LogP contribution in [-0.2, 0) is 0 Å². The first-order chi connectivity index (χ1) is 11.5. The summed E-state index contributed by atoms with van der Waals surface area (Å²) >= 11 is 3.18. The number of rotatable bonds is 2. The van der Waals surface area contributed by atoms with E-state index in [1.807, 2.05) is 0 Å². The summed E-state index contributed by atoms with van der Waals surface area (Å²) < 4.78 is 5.80. The van der Waals surface area contributed by atoms with Crippen molar-refractivity contribution >= 4 is 27.7 Å². The first-order valence-electron chi connectivity index (χ1n) is 7.44. The van der Waals surface area contributed by atoms with Crippen LogP contribution in [0.2, 0.25) is 0 Å². The molecule has 0 aliphatic carbocycles. The Labute approximate surface area is 145 Å². The highest BCUT2D eigenvalue weighted by Gasteiger charge is 2.25. The van der Waals surface area contributed by atoms with E-state index in [1.165, 1.54) is 12.1 Å². The highest BCUT2D eigenvalue weighted by molar-refractivity contribution is 9.10. The lowest BCUT2D eigenvalue weighted by molar-refractivity contribution is 0.0696. The number of aromatic nitrogens is 2. The van der Waals surface area contributed by atoms with Gasteiger partial charge in [0.2, 0.25) is 0 Å². The van der Waals surface area contributed by atoms with Gasteiger partial charge in [-0.1, -0.05) is 0 Å². The molecule has 3 rings (SSSR count). The quantitative estimate of drug-likeness (QED) is 0.822. The van der Waals surface area contributed by atoms with Gasteiger partial charge in [0.25, 0.3) is 17.4 Å². The number of hydrogen-bond donors (Lipinski definition) is 1. The molecular formula is C15H15BrN4O4. The normalized spacial score (nSPS) is 15.2. The maximum atomic E-state index is 12.4. The van der Waals surface area contributed by atoms with Crippen LogP contribution in [0.15, 0.2) is 38.1 Å². The largest absolute Gasteiger partial charge is 0.444 e. The Morgan fingerprint density at radius 3 is 2.33 bits per heavy atom. The van der Waals surface area contributed by atoms with Gasteiger partial charge in [0.1, 0.15) is 5.69 Å². The molecular weight excluding hydrogens is 380 g/mol. The zero-order valence-corrected chi connectivity index (χ0v) is 14.3. The Morgan fingerprint density at radius 1 is 1.04 bits per heavy atom. The van der Waals surface area contributed by atoms with Crippen molar-refractivity contribution in [2.75, 3.05) is 26.2 Å². The fraction of sp³-hybridized carbons (Fsp3) is 0.333. The number of carbonyl (C=O) groups excluding carboxylic acids is 2. The molecule has 1 saturated heterocycles. The van der Waals surface area contributed by atoms with E-state index in [9.17, 15) is 14.4 Å². The molecule has 3 heterocycles. The summed E-state index contributed by atoms with van der Waals surface area (Å²) in [5.41, 5.74) is -0.173. The van der Waals surface area contributed by atoms with E-state index in [4.69, 9.17) is 4.42 Å². The first kappa shape index (κ1) is 16.4. The van der Waals surface area contributed by atoms with Gasteiger partial charge in [-0.15, -0.1) is 0 Å². The summed E-state index contributed by atoms with van der Waals surface area (Å²) in [4.78, 5) is 39.2. The van der Waals surface area contributed by atoms with Crippen molar-refractivity contribution < 1.29 is 14.0 Å². The Balaban J connectivity index is 1.66. The average Bonchev–Trinajstić information content (AvgIpc) is 2.87. The van der Waals surface area contributed by atoms with Crippen LogP contribution in [0, 0.1) is 0 Å². The van der Waals surface area contributed by atoms with Gasteiger partial charge in [-0.2, -0.15) is 5.10 Å². The van der Waals surface area contributed by atoms with Gasteiger partial charge in [-0.25, -0.2) is 5.10 Å². The van der Waals surface area contributed by atoms with Crippen LogP contribution in [0.4, 0.5) is 0 Å². The molecule has 2 amide bonds. The third-order valence-corrected chi connectivity index (χ3v) is 4.18. The van der Waals surface area contributed by atoms with Crippen LogP contribution in [0.1, 0.15) is 27.5 Å². The van der Waals surface area contributed by atoms with Gasteiger partial charge in [-0.3, -0.25) is 14.4 Å². The zero-order valence-electron chi connectivity index (χ0n) is 12.7. The molecule has 0 unspecified atom stereocenters. The fourth-order valence-electron chi connectivity index (χ4n) is 2.53. The number of nitrogens with zero attached hydrogens (tertiary/aromatic N) is 3. The van der Waals surface area contributed by atoms with E-state index in [0.29, 0.717) is 37.3 Å². The van der Waals surface area contributed by atoms with Crippen LogP contribution in [0.5, 0.6) is 0 Å². The van der Waals surface area contributed by atoms with Crippen LogP contribution in [-0.4, -0.2) is 58.0 Å². The van der Waals surface area contributed by atoms with Crippen molar-refractivity contribution in [2.45, 2.75) is 6.42 Å². The van der Waals surface area contributed by atoms with Gasteiger partial charge in [0.15, 0.2) is 10.4 Å². The monoisotopic (exact) mass is 394 g/mol. The Morgan fingerprint density at radius 2 is 1.75 bits per heavy atom. The lowest BCUT2D eigenvalue weighted by atomic mass is 10.3. The molecule has 2 aromatic heterocycles. The third kappa shape index (κ3) is 3.56. The van der Waals surface area contributed by atoms with Crippen molar-refractivity contribution in [2.24, 2.45) is 0 Å². The molecule has 0 aromatic carbocycles. The summed E-state index contributed by atoms with van der Waals surface area (Å²) in [5, 5.41) is 6.01. The summed E-state index contributed by atoms with van der Waals surface area (Å²) in [5.74, 6) is -0.192. The smallest absolute Gasteiger partial charge is 0.289 e. The minimum absolute atomic E-state index is 0.185. The minimum atomic E-state index is -0.358. The molecule has 126 valence electrons. The molecule has 2 aromatic rings. The van der Waals surface area contributed by atoms with Gasteiger partial charge in [0.05, 0.1) is 0 Å². The molecule has 0 saturated carbocycles. The summed E-state index contributed by atoms with van der Waals surface area (Å²) in [7, 11) is 0. The number of nitrogens with one attached hydrogen (secondary N) is 1. The number of aromatic amines is 1. The third-order valence-electron chi connectivity index (χ3n) is 3.75. The molecule has 0 spiro atoms. The van der Waals surface area contributed by atoms with E-state index in [1.54, 1.807) is 21.9 Å². The molecule has 1 aliphatic rings. The van der Waals surface area contributed by atoms with E-state index >= 15 is 0 Å². The Hall–Kier alpha value is -2.42. The SMILES string of the molecule is O=C(c1ccc(=O)[nH]n1)N1CCCN(C(=O)c2ccc(Br)o2)CC1. The molecule has 0 atom stereocenters. The van der Waals surface area contributed by atoms with E-state index in [0.717, 1.165) is 0 Å². The van der Waals surface area contributed by atoms with Crippen LogP contribution in [0.3, 0.4) is 0 Å². The van der Waals surface area contributed by atoms with Crippen molar-refractivity contribution in [1.29, 1.82) is 0 Å². The van der Waals surface area contributed by atoms with Gasteiger partial charge in [0, 0.05) is 32.2 Å². The predicted molar refractivity (Wildman–Crippen MR) is 87.7 cm³/mol. The number of halogens is 1. The number of hydrogen-bond acceptors (Lipinski definition) is 5. The lowest BCUT2D eigenvalue weighted by Crippen LogP contribution is -2.37. The van der Waals surface area contributed by atoms with Gasteiger partial charge >= 0.3 is 0 Å². The van der Waals surface area contributed by atoms with Crippen molar-refractivity contribution in [3.05, 3.63) is 50.7 Å². The molecule has 8 nitrogen and oxygen atoms in total. The number of furan rings is 1. The predicted octanol–water partition coefficient (Wildman–Crippen LogP) is 1.11. The highest BCUT2D eigenvalue weighted by Crippen LogP contribution is 2.17. The van der Waals surface area contributed by atoms with E-state index in [2.05, 4.69) is 26.1 Å². The standard InChI is InChI=1S/C15H15BrN4O4/c16-12-4-3-11(24-12)15(23)20-7-1-6-19(8-9-20)14(22)10-2-5-13(21)18-17-10/h2-5H,1,6-9H2,(H,18,21). The second-order valence-corrected chi connectivity index (χ2v) is 6.13. The topological polar surface area (TPSA) is 99.5 Å². The minimum Gasteiger partial charge on any atom is -0.444 e. The summed E-state index contributed by atoms with van der Waals surface area (Å²) in [6.07, 6.45) is 0.655. The first-order valence-corrected chi connectivity index (χ1v) is 8.23. The van der Waals surface area contributed by atoms with E-state index < -0.39 is 0 Å². The van der Waals surface area contributed by atoms with Crippen LogP contribution < -0.4 is 5.56 Å². The molecule has 1 N–H and O–H groups in total. The maximum absolute atomic E-state index is 12.4. The second kappa shape index (κ2) is 7.00. The molecule has 24 heavy (non-hydrogen) atoms. The highest BCUT2D eigenvalue weighted by atomic mass is 79.9. The van der Waals surface area contributed by atoms with Crippen molar-refractivity contribution in [3.63, 3.8) is 0 Å². The van der Waals surface area contributed by atoms with Crippen molar-refractivity contribution in [1.82, 2.24) is 20.0 Å². The molecule has 1 fully saturated rings. The summed E-state index contributed by atoms with van der Waals surface area (Å²) in [6.45, 7) is 1.87. The van der Waals surface area contributed by atoms with E-state index in [-0.39, 0.29) is 28.8 Å². The zero-order chi connectivity index (χ0) is 17.1. The Bertz CT molecular complexity index is 795. The number of H-pyrrole nitrogens is 1. The maximum Gasteiger partial charge on any atom is 0.289 e. The summed E-state index contributed by atoms with van der Waals surface area (Å²) in [6, 6.07) is 5.95. The molecule has 0 radical (unpaired) electrons. The molecule has 1 aliphatic heterocycles. The van der Waals surface area contributed by atoms with Gasteiger partial charge < -0.3 is 14.2 Å².